The summed E-state index contributed by atoms with van der Waals surface area (Å²) in [6.45, 7) is 2.17. The minimum absolute atomic E-state index is 0.581. The van der Waals surface area contributed by atoms with E-state index in [0.29, 0.717) is 0 Å². The van der Waals surface area contributed by atoms with Crippen molar-refractivity contribution in [2.45, 2.75) is 12.3 Å². The molecule has 7 rings (SSSR count). The van der Waals surface area contributed by atoms with E-state index in [1.807, 2.05) is 0 Å². The van der Waals surface area contributed by atoms with E-state index in [-0.39, 0.29) is 0 Å². The summed E-state index contributed by atoms with van der Waals surface area (Å²) in [5.74, 6) is 1.81. The lowest BCUT2D eigenvalue weighted by atomic mass is 9.63. The van der Waals surface area contributed by atoms with Gasteiger partial charge >= 0.3 is 0 Å². The molecule has 0 bridgehead atoms. The van der Waals surface area contributed by atoms with Gasteiger partial charge in [-0.15, -0.1) is 0 Å². The predicted octanol–water partition coefficient (Wildman–Crippen LogP) is 8.94. The van der Waals surface area contributed by atoms with Crippen LogP contribution in [0.4, 0.5) is 0 Å². The first-order valence-electron chi connectivity index (χ1n) is 13.0. The second-order valence-corrected chi connectivity index (χ2v) is 9.76. The Morgan fingerprint density at radius 2 is 1.05 bits per heavy atom. The third kappa shape index (κ3) is 3.20. The number of benzene rings is 5. The molecule has 0 unspecified atom stereocenters. The van der Waals surface area contributed by atoms with Crippen LogP contribution in [-0.2, 0) is 5.41 Å². The fourth-order valence-electron chi connectivity index (χ4n) is 6.16. The van der Waals surface area contributed by atoms with Crippen LogP contribution in [0.15, 0.2) is 146 Å². The zero-order chi connectivity index (χ0) is 25.5. The molecule has 1 aliphatic rings. The van der Waals surface area contributed by atoms with Gasteiger partial charge in [0.05, 0.1) is 16.8 Å². The molecule has 2 heterocycles. The normalized spacial score (nSPS) is 13.3. The monoisotopic (exact) mass is 489 g/mol. The van der Waals surface area contributed by atoms with Gasteiger partial charge in [-0.25, -0.2) is 0 Å². The average molecular weight is 490 g/mol. The van der Waals surface area contributed by atoms with E-state index >= 15 is 0 Å². The smallest absolute Gasteiger partial charge is 0.153 e. The van der Waals surface area contributed by atoms with E-state index in [0.717, 1.165) is 39.7 Å². The summed E-state index contributed by atoms with van der Waals surface area (Å²) in [6.07, 6.45) is 0. The molecular weight excluding hydrogens is 462 g/mol. The number of aromatic nitrogens is 1. The predicted molar refractivity (Wildman–Crippen MR) is 154 cm³/mol. The summed E-state index contributed by atoms with van der Waals surface area (Å²) in [6, 6.07) is 51.6. The average Bonchev–Trinajstić information content (AvgIpc) is 3.29. The molecule has 6 aromatic rings. The number of nitrogens with zero attached hydrogens (tertiary/aromatic N) is 1. The quantitative estimate of drug-likeness (QED) is 0.241. The number of para-hydroxylation sites is 2. The van der Waals surface area contributed by atoms with Crippen molar-refractivity contribution in [3.05, 3.63) is 174 Å². The largest absolute Gasteiger partial charge is 0.455 e. The Morgan fingerprint density at radius 1 is 0.553 bits per heavy atom. The molecule has 38 heavy (non-hydrogen) atoms. The number of rotatable bonds is 4. The highest BCUT2D eigenvalue weighted by Crippen LogP contribution is 2.59. The van der Waals surface area contributed by atoms with Crippen molar-refractivity contribution in [2.75, 3.05) is 0 Å². The molecule has 0 saturated carbocycles. The van der Waals surface area contributed by atoms with Crippen LogP contribution in [0.5, 0.6) is 11.5 Å². The molecule has 5 aromatic carbocycles. The Morgan fingerprint density at radius 3 is 1.66 bits per heavy atom. The molecule has 0 fully saturated rings. The van der Waals surface area contributed by atoms with E-state index in [1.54, 1.807) is 0 Å². The van der Waals surface area contributed by atoms with Crippen molar-refractivity contribution in [1.29, 1.82) is 0 Å². The summed E-state index contributed by atoms with van der Waals surface area (Å²) in [5.41, 5.74) is 8.65. The van der Waals surface area contributed by atoms with E-state index in [2.05, 4.69) is 157 Å². The van der Waals surface area contributed by atoms with Crippen molar-refractivity contribution >= 4 is 0 Å². The molecule has 0 N–H and O–H groups in total. The van der Waals surface area contributed by atoms with Crippen LogP contribution in [0, 0.1) is 6.92 Å². The summed E-state index contributed by atoms with van der Waals surface area (Å²) in [7, 11) is 0. The van der Waals surface area contributed by atoms with Crippen molar-refractivity contribution in [3.63, 3.8) is 0 Å². The number of ether oxygens (including phenoxy) is 1. The van der Waals surface area contributed by atoms with Crippen LogP contribution in [0.25, 0.3) is 16.9 Å². The van der Waals surface area contributed by atoms with Gasteiger partial charge in [-0.3, -0.25) is 0 Å². The second-order valence-electron chi connectivity index (χ2n) is 9.76. The molecule has 0 aliphatic carbocycles. The molecular formula is C36H27NO. The minimum atomic E-state index is -0.581. The van der Waals surface area contributed by atoms with Crippen molar-refractivity contribution < 1.29 is 4.74 Å². The van der Waals surface area contributed by atoms with Gasteiger partial charge in [-0.1, -0.05) is 127 Å². The van der Waals surface area contributed by atoms with E-state index in [1.165, 1.54) is 16.7 Å². The van der Waals surface area contributed by atoms with E-state index in [9.17, 15) is 0 Å². The summed E-state index contributed by atoms with van der Waals surface area (Å²) >= 11 is 0. The van der Waals surface area contributed by atoms with E-state index in [4.69, 9.17) is 4.74 Å². The lowest BCUT2D eigenvalue weighted by molar-refractivity contribution is 0.434. The molecule has 1 aliphatic heterocycles. The Hall–Kier alpha value is -4.82. The molecule has 182 valence electrons. The van der Waals surface area contributed by atoms with Gasteiger partial charge in [0.2, 0.25) is 0 Å². The lowest BCUT2D eigenvalue weighted by Crippen LogP contribution is -2.34. The highest BCUT2D eigenvalue weighted by Gasteiger charge is 2.49. The fraction of sp³-hybridized carbons (Fsp3) is 0.0556. The number of hydrogen-bond acceptors (Lipinski definition) is 1. The SMILES string of the molecule is Cc1c2c(c(-c3ccccc3)n1-c1ccccc1)C(c1ccccc1)(c1ccccc1)c1ccccc1O2. The van der Waals surface area contributed by atoms with Gasteiger partial charge in [0, 0.05) is 16.8 Å². The van der Waals surface area contributed by atoms with Crippen LogP contribution in [0.2, 0.25) is 0 Å². The molecule has 0 atom stereocenters. The second kappa shape index (κ2) is 8.93. The highest BCUT2D eigenvalue weighted by atomic mass is 16.5. The summed E-state index contributed by atoms with van der Waals surface area (Å²) in [4.78, 5) is 0. The van der Waals surface area contributed by atoms with Crippen LogP contribution in [0.1, 0.15) is 27.9 Å². The Bertz CT molecular complexity index is 1680. The summed E-state index contributed by atoms with van der Waals surface area (Å²) < 4.78 is 9.22. The van der Waals surface area contributed by atoms with Gasteiger partial charge in [0.15, 0.2) is 5.75 Å². The zero-order valence-corrected chi connectivity index (χ0v) is 21.2. The molecule has 1 aromatic heterocycles. The standard InChI is InChI=1S/C36H27NO/c1-26-35-33(34(27-16-6-2-7-17-27)37(26)30-22-12-5-13-23-30)36(28-18-8-3-9-19-28,29-20-10-4-11-21-29)31-24-14-15-25-32(31)38-35/h2-25H,1H3. The summed E-state index contributed by atoms with van der Waals surface area (Å²) in [5, 5.41) is 0. The topological polar surface area (TPSA) is 14.2 Å². The molecule has 0 radical (unpaired) electrons. The number of hydrogen-bond donors (Lipinski definition) is 0. The highest BCUT2D eigenvalue weighted by molar-refractivity contribution is 5.82. The first kappa shape index (κ1) is 22.4. The van der Waals surface area contributed by atoms with Crippen LogP contribution >= 0.6 is 0 Å². The van der Waals surface area contributed by atoms with Crippen molar-refractivity contribution in [1.82, 2.24) is 4.57 Å². The number of fused-ring (bicyclic) bond motifs is 2. The first-order chi connectivity index (χ1) is 18.8. The van der Waals surface area contributed by atoms with Gasteiger partial charge in [-0.2, -0.15) is 0 Å². The van der Waals surface area contributed by atoms with Crippen LogP contribution in [-0.4, -0.2) is 4.57 Å². The maximum Gasteiger partial charge on any atom is 0.153 e. The Balaban J connectivity index is 1.72. The molecule has 0 amide bonds. The van der Waals surface area contributed by atoms with Crippen molar-refractivity contribution in [2.24, 2.45) is 0 Å². The van der Waals surface area contributed by atoms with E-state index < -0.39 is 5.41 Å². The van der Waals surface area contributed by atoms with Gasteiger partial charge < -0.3 is 9.30 Å². The van der Waals surface area contributed by atoms with Crippen molar-refractivity contribution in [3.8, 4) is 28.4 Å². The fourth-order valence-corrected chi connectivity index (χ4v) is 6.16. The minimum Gasteiger partial charge on any atom is -0.455 e. The lowest BCUT2D eigenvalue weighted by Gasteiger charge is -2.41. The van der Waals surface area contributed by atoms with Gasteiger partial charge in [-0.05, 0) is 41.8 Å². The maximum absolute atomic E-state index is 6.85. The van der Waals surface area contributed by atoms with Gasteiger partial charge in [0.25, 0.3) is 0 Å². The Labute approximate surface area is 223 Å². The molecule has 2 heteroatoms. The maximum atomic E-state index is 6.85. The van der Waals surface area contributed by atoms with Gasteiger partial charge in [0.1, 0.15) is 5.75 Å². The molecule has 0 spiro atoms. The first-order valence-corrected chi connectivity index (χ1v) is 13.0. The van der Waals surface area contributed by atoms with Crippen LogP contribution < -0.4 is 4.74 Å². The zero-order valence-electron chi connectivity index (χ0n) is 21.2. The molecule has 2 nitrogen and oxygen atoms in total. The molecule has 0 saturated heterocycles. The third-order valence-electron chi connectivity index (χ3n) is 7.70. The third-order valence-corrected chi connectivity index (χ3v) is 7.70. The van der Waals surface area contributed by atoms with Crippen LogP contribution in [0.3, 0.4) is 0 Å². The Kier molecular flexibility index (Phi) is 5.26.